The van der Waals surface area contributed by atoms with Crippen LogP contribution < -0.4 is 0 Å². The van der Waals surface area contributed by atoms with Crippen LogP contribution in [0.25, 0.3) is 0 Å². The normalized spacial score (nSPS) is 17.2. The number of hydrogen-bond acceptors (Lipinski definition) is 8. The van der Waals surface area contributed by atoms with Gasteiger partial charge in [-0.05, 0) is 25.7 Å². The van der Waals surface area contributed by atoms with Gasteiger partial charge in [-0.3, -0.25) is 0 Å². The second-order valence-electron chi connectivity index (χ2n) is 13.0. The summed E-state index contributed by atoms with van der Waals surface area (Å²) in [7, 11) is 8.52. The minimum atomic E-state index is 0. The van der Waals surface area contributed by atoms with Crippen LogP contribution in [0.2, 0.25) is 0 Å². The second-order valence-corrected chi connectivity index (χ2v) is 13.0. The fourth-order valence-electron chi connectivity index (χ4n) is 5.96. The third kappa shape index (κ3) is 16.7. The van der Waals surface area contributed by atoms with E-state index in [0.29, 0.717) is 0 Å². The van der Waals surface area contributed by atoms with Gasteiger partial charge in [0.05, 0.1) is 26.7 Å². The highest BCUT2D eigenvalue weighted by atomic mass is 15.3. The lowest BCUT2D eigenvalue weighted by molar-refractivity contribution is 0.287. The predicted octanol–water partition coefficient (Wildman–Crippen LogP) is 6.77. The van der Waals surface area contributed by atoms with Gasteiger partial charge in [0, 0.05) is 104 Å². The molecule has 4 heterocycles. The van der Waals surface area contributed by atoms with E-state index in [9.17, 15) is 0 Å². The molecule has 0 atom stereocenters. The Kier molecular flexibility index (Phi) is 18.7. The van der Waals surface area contributed by atoms with Crippen LogP contribution in [0.4, 0.5) is 0 Å². The Morgan fingerprint density at radius 3 is 0.651 bits per heavy atom. The molecule has 0 saturated heterocycles. The summed E-state index contributed by atoms with van der Waals surface area (Å²) in [5, 5.41) is 0. The maximum atomic E-state index is 2.41. The summed E-state index contributed by atoms with van der Waals surface area (Å²) in [6.45, 7) is 9.15. The van der Waals surface area contributed by atoms with Crippen molar-refractivity contribution < 1.29 is 0 Å². The van der Waals surface area contributed by atoms with Gasteiger partial charge >= 0.3 is 0 Å². The molecule has 8 heteroatoms. The molecule has 0 aromatic carbocycles. The van der Waals surface area contributed by atoms with Crippen molar-refractivity contribution in [3.63, 3.8) is 0 Å². The molecule has 0 aliphatic carbocycles. The Morgan fingerprint density at radius 1 is 0.302 bits per heavy atom. The van der Waals surface area contributed by atoms with E-state index < -0.39 is 0 Å². The van der Waals surface area contributed by atoms with E-state index in [2.05, 4.69) is 117 Å². The summed E-state index contributed by atoms with van der Waals surface area (Å²) < 4.78 is 0. The Hall–Kier alpha value is -2.64. The molecule has 4 rings (SSSR count). The maximum Gasteiger partial charge on any atom is 0.0890 e. The molecule has 0 radical (unpaired) electrons. The highest BCUT2D eigenvalue weighted by Crippen LogP contribution is 2.13. The standard InChI is InChI=1S/C18H34N4.C16H30N4.CH4/c1-19-13-15-21(17-19)11-9-7-5-3-4-6-8-10-12-22-16-14-20(2)18-22;1-17-11-13-19(15-17)9-7-5-3-4-6-8-10-20-14-12-18(2)16-20;/h13-16H,3-12,17-18H2,1-2H3;11-14H,3-10,15-16H2,1-2H3;1H4. The average Bonchev–Trinajstić information content (AvgIpc) is 3.77. The number of hydrogen-bond donors (Lipinski definition) is 0. The van der Waals surface area contributed by atoms with Gasteiger partial charge in [0.15, 0.2) is 0 Å². The molecule has 0 fully saturated rings. The molecule has 0 amide bonds. The highest BCUT2D eigenvalue weighted by Gasteiger charge is 2.09. The van der Waals surface area contributed by atoms with Gasteiger partial charge < -0.3 is 39.2 Å². The van der Waals surface area contributed by atoms with Gasteiger partial charge in [0.2, 0.25) is 0 Å². The quantitative estimate of drug-likeness (QED) is 0.141. The zero-order valence-corrected chi connectivity index (χ0v) is 27.8. The van der Waals surface area contributed by atoms with E-state index >= 15 is 0 Å². The Morgan fingerprint density at radius 2 is 0.488 bits per heavy atom. The number of rotatable bonds is 20. The first kappa shape index (κ1) is 36.6. The minimum Gasteiger partial charge on any atom is -0.362 e. The van der Waals surface area contributed by atoms with Crippen LogP contribution in [0, 0.1) is 0 Å². The lowest BCUT2D eigenvalue weighted by Crippen LogP contribution is -2.23. The van der Waals surface area contributed by atoms with Crippen molar-refractivity contribution in [1.29, 1.82) is 0 Å². The largest absolute Gasteiger partial charge is 0.362 e. The van der Waals surface area contributed by atoms with Crippen LogP contribution in [-0.2, 0) is 0 Å². The fourth-order valence-corrected chi connectivity index (χ4v) is 5.96. The lowest BCUT2D eigenvalue weighted by atomic mass is 10.1. The van der Waals surface area contributed by atoms with Gasteiger partial charge in [0.25, 0.3) is 0 Å². The number of unbranched alkanes of at least 4 members (excludes halogenated alkanes) is 12. The summed E-state index contributed by atoms with van der Waals surface area (Å²) >= 11 is 0. The monoisotopic (exact) mass is 601 g/mol. The van der Waals surface area contributed by atoms with Crippen LogP contribution in [0.1, 0.15) is 97.3 Å². The Labute approximate surface area is 266 Å². The molecule has 0 bridgehead atoms. The first-order valence-electron chi connectivity index (χ1n) is 17.0. The summed E-state index contributed by atoms with van der Waals surface area (Å²) in [5.41, 5.74) is 0. The van der Waals surface area contributed by atoms with E-state index in [1.807, 2.05) is 0 Å². The van der Waals surface area contributed by atoms with Crippen LogP contribution in [0.3, 0.4) is 0 Å². The van der Waals surface area contributed by atoms with Crippen molar-refractivity contribution in [3.05, 3.63) is 49.6 Å². The van der Waals surface area contributed by atoms with E-state index in [1.54, 1.807) is 0 Å². The van der Waals surface area contributed by atoms with Crippen molar-refractivity contribution in [2.45, 2.75) is 97.3 Å². The molecule has 0 unspecified atom stereocenters. The van der Waals surface area contributed by atoms with Crippen molar-refractivity contribution in [2.75, 3.05) is 81.0 Å². The number of nitrogens with zero attached hydrogens (tertiary/aromatic N) is 8. The Bertz CT molecular complexity index is 746. The van der Waals surface area contributed by atoms with E-state index in [0.717, 1.165) is 26.7 Å². The van der Waals surface area contributed by atoms with Crippen LogP contribution in [0.15, 0.2) is 49.6 Å². The maximum absolute atomic E-state index is 2.41. The molecule has 4 aliphatic heterocycles. The van der Waals surface area contributed by atoms with Gasteiger partial charge in [-0.25, -0.2) is 0 Å². The van der Waals surface area contributed by atoms with Crippen LogP contribution >= 0.6 is 0 Å². The van der Waals surface area contributed by atoms with E-state index in [-0.39, 0.29) is 7.43 Å². The third-order valence-electron chi connectivity index (χ3n) is 8.53. The van der Waals surface area contributed by atoms with E-state index in [4.69, 9.17) is 0 Å². The second kappa shape index (κ2) is 22.0. The van der Waals surface area contributed by atoms with Gasteiger partial charge in [-0.1, -0.05) is 71.6 Å². The minimum absolute atomic E-state index is 0. The first-order chi connectivity index (χ1) is 20.5. The zero-order valence-electron chi connectivity index (χ0n) is 27.8. The van der Waals surface area contributed by atoms with Gasteiger partial charge in [-0.15, -0.1) is 0 Å². The fraction of sp³-hybridized carbons (Fsp3) is 0.771. The molecule has 0 saturated carbocycles. The SMILES string of the molecule is C.CN1C=CN(CCCCCCCCCCN2C=CN(C)C2)C1.CN1C=CN(CCCCCCCCN2C=CN(C)C2)C1. The Balaban J connectivity index is 0.000000295. The third-order valence-corrected chi connectivity index (χ3v) is 8.53. The summed E-state index contributed by atoms with van der Waals surface area (Å²) in [6, 6.07) is 0. The molecular weight excluding hydrogens is 532 g/mol. The first-order valence-corrected chi connectivity index (χ1v) is 17.0. The topological polar surface area (TPSA) is 25.9 Å². The summed E-state index contributed by atoms with van der Waals surface area (Å²) in [6.07, 6.45) is 36.8. The van der Waals surface area contributed by atoms with Crippen LogP contribution in [-0.4, -0.2) is 120 Å². The van der Waals surface area contributed by atoms with Crippen molar-refractivity contribution >= 4 is 0 Å². The molecule has 0 N–H and O–H groups in total. The summed E-state index contributed by atoms with van der Waals surface area (Å²) in [5.74, 6) is 0. The van der Waals surface area contributed by atoms with Crippen molar-refractivity contribution in [3.8, 4) is 0 Å². The van der Waals surface area contributed by atoms with Crippen LogP contribution in [0.5, 0.6) is 0 Å². The molecule has 8 nitrogen and oxygen atoms in total. The average molecular weight is 601 g/mol. The van der Waals surface area contributed by atoms with Gasteiger partial charge in [0.1, 0.15) is 0 Å². The summed E-state index contributed by atoms with van der Waals surface area (Å²) in [4.78, 5) is 18.5. The highest BCUT2D eigenvalue weighted by molar-refractivity contribution is 4.90. The zero-order chi connectivity index (χ0) is 29.8. The van der Waals surface area contributed by atoms with Crippen molar-refractivity contribution in [2.24, 2.45) is 0 Å². The molecule has 0 spiro atoms. The van der Waals surface area contributed by atoms with E-state index in [1.165, 1.54) is 116 Å². The molecule has 43 heavy (non-hydrogen) atoms. The smallest absolute Gasteiger partial charge is 0.0890 e. The molecular formula is C35H68N8. The lowest BCUT2D eigenvalue weighted by Gasteiger charge is -2.18. The molecule has 0 aromatic heterocycles. The molecule has 0 aromatic rings. The van der Waals surface area contributed by atoms with Gasteiger partial charge in [-0.2, -0.15) is 0 Å². The molecule has 4 aliphatic rings. The molecule has 248 valence electrons. The predicted molar refractivity (Wildman–Crippen MR) is 185 cm³/mol. The van der Waals surface area contributed by atoms with Crippen molar-refractivity contribution in [1.82, 2.24) is 39.2 Å².